The maximum absolute atomic E-state index is 13.1. The van der Waals surface area contributed by atoms with Gasteiger partial charge in [-0.05, 0) is 53.2 Å². The van der Waals surface area contributed by atoms with Crippen LogP contribution in [0.2, 0.25) is 5.02 Å². The molecule has 3 aromatic carbocycles. The molecule has 6 heteroatoms. The molecule has 3 aromatic rings. The summed E-state index contributed by atoms with van der Waals surface area (Å²) in [7, 11) is 0. The number of phenols is 1. The summed E-state index contributed by atoms with van der Waals surface area (Å²) in [6, 6.07) is 24.2. The number of hydrogen-bond donors (Lipinski definition) is 1. The van der Waals surface area contributed by atoms with E-state index in [1.807, 2.05) is 60.7 Å². The second-order valence-corrected chi connectivity index (χ2v) is 7.84. The molecule has 0 aromatic heterocycles. The van der Waals surface area contributed by atoms with Crippen LogP contribution in [0.4, 0.5) is 5.69 Å². The monoisotopic (exact) mass is 420 g/mol. The maximum atomic E-state index is 13.1. The Morgan fingerprint density at radius 3 is 2.38 bits per heavy atom. The average molecular weight is 421 g/mol. The van der Waals surface area contributed by atoms with Crippen LogP contribution >= 0.6 is 23.4 Å². The van der Waals surface area contributed by atoms with E-state index in [0.29, 0.717) is 16.6 Å². The molecular formula is C23H17ClN2O2S. The van der Waals surface area contributed by atoms with Gasteiger partial charge in [0.2, 0.25) is 0 Å². The molecule has 1 amide bonds. The van der Waals surface area contributed by atoms with Gasteiger partial charge in [0.25, 0.3) is 5.91 Å². The molecule has 1 aliphatic rings. The van der Waals surface area contributed by atoms with Gasteiger partial charge in [-0.2, -0.15) is 0 Å². The van der Waals surface area contributed by atoms with E-state index in [2.05, 4.69) is 4.99 Å². The zero-order valence-electron chi connectivity index (χ0n) is 15.3. The van der Waals surface area contributed by atoms with Crippen LogP contribution in [0.25, 0.3) is 6.08 Å². The van der Waals surface area contributed by atoms with E-state index in [-0.39, 0.29) is 16.7 Å². The van der Waals surface area contributed by atoms with Crippen LogP contribution < -0.4 is 0 Å². The lowest BCUT2D eigenvalue weighted by Crippen LogP contribution is -2.28. The molecule has 1 saturated heterocycles. The summed E-state index contributed by atoms with van der Waals surface area (Å²) >= 11 is 7.33. The van der Waals surface area contributed by atoms with Gasteiger partial charge >= 0.3 is 0 Å². The fraction of sp³-hybridized carbons (Fsp3) is 0.0435. The number of carbonyl (C=O) groups is 1. The number of thioether (sulfide) groups is 1. The average Bonchev–Trinajstić information content (AvgIpc) is 3.01. The van der Waals surface area contributed by atoms with Gasteiger partial charge in [-0.3, -0.25) is 9.69 Å². The third kappa shape index (κ3) is 4.53. The Kier molecular flexibility index (Phi) is 5.69. The number of phenolic OH excluding ortho intramolecular Hbond substituents is 1. The fourth-order valence-electron chi connectivity index (χ4n) is 2.87. The molecule has 0 unspecified atom stereocenters. The smallest absolute Gasteiger partial charge is 0.267 e. The molecule has 0 bridgehead atoms. The van der Waals surface area contributed by atoms with Crippen LogP contribution in [0.15, 0.2) is 88.8 Å². The van der Waals surface area contributed by atoms with Crippen LogP contribution in [0.5, 0.6) is 5.75 Å². The van der Waals surface area contributed by atoms with Crippen molar-refractivity contribution in [1.29, 1.82) is 0 Å². The highest BCUT2D eigenvalue weighted by Gasteiger charge is 2.33. The molecule has 4 nitrogen and oxygen atoms in total. The first kappa shape index (κ1) is 19.3. The summed E-state index contributed by atoms with van der Waals surface area (Å²) in [5, 5.41) is 10.5. The normalized spacial score (nSPS) is 16.7. The third-order valence-electron chi connectivity index (χ3n) is 4.32. The van der Waals surface area contributed by atoms with Gasteiger partial charge in [0.1, 0.15) is 5.75 Å². The van der Waals surface area contributed by atoms with E-state index in [1.54, 1.807) is 23.1 Å². The molecule has 0 radical (unpaired) electrons. The quantitative estimate of drug-likeness (QED) is 0.538. The van der Waals surface area contributed by atoms with E-state index >= 15 is 0 Å². The largest absolute Gasteiger partial charge is 0.506 e. The Balaban J connectivity index is 1.70. The molecule has 1 fully saturated rings. The Bertz CT molecular complexity index is 1100. The zero-order chi connectivity index (χ0) is 20.2. The highest BCUT2D eigenvalue weighted by atomic mass is 35.5. The number of amides is 1. The Labute approximate surface area is 178 Å². The predicted octanol–water partition coefficient (Wildman–Crippen LogP) is 5.85. The standard InChI is InChI=1S/C23H17ClN2O2S/c24-19-13-17(11-12-20(19)27)14-21-22(28)26(15-16-7-3-1-4-8-16)23(29-21)25-18-9-5-2-6-10-18/h1-14,27H,15H2/b21-14-,25-23?. The maximum Gasteiger partial charge on any atom is 0.267 e. The lowest BCUT2D eigenvalue weighted by atomic mass is 10.2. The number of amidine groups is 1. The zero-order valence-corrected chi connectivity index (χ0v) is 16.9. The summed E-state index contributed by atoms with van der Waals surface area (Å²) in [6.07, 6.45) is 1.77. The van der Waals surface area contributed by atoms with Crippen LogP contribution in [-0.2, 0) is 11.3 Å². The molecule has 0 atom stereocenters. The van der Waals surface area contributed by atoms with Crippen molar-refractivity contribution in [3.63, 3.8) is 0 Å². The first-order valence-corrected chi connectivity index (χ1v) is 10.2. The van der Waals surface area contributed by atoms with Crippen molar-refractivity contribution in [1.82, 2.24) is 4.90 Å². The predicted molar refractivity (Wildman–Crippen MR) is 119 cm³/mol. The number of para-hydroxylation sites is 1. The van der Waals surface area contributed by atoms with Crippen LogP contribution in [0, 0.1) is 0 Å². The summed E-state index contributed by atoms with van der Waals surface area (Å²) in [5.41, 5.74) is 2.55. The molecule has 0 aliphatic carbocycles. The number of nitrogens with zero attached hydrogens (tertiary/aromatic N) is 2. The minimum Gasteiger partial charge on any atom is -0.506 e. The van der Waals surface area contributed by atoms with Crippen LogP contribution in [0.3, 0.4) is 0 Å². The van der Waals surface area contributed by atoms with E-state index < -0.39 is 0 Å². The second-order valence-electron chi connectivity index (χ2n) is 6.43. The third-order valence-corrected chi connectivity index (χ3v) is 5.63. The van der Waals surface area contributed by atoms with Gasteiger partial charge in [-0.25, -0.2) is 4.99 Å². The minimum atomic E-state index is -0.113. The number of hydrogen-bond acceptors (Lipinski definition) is 4. The lowest BCUT2D eigenvalue weighted by Gasteiger charge is -2.15. The first-order chi connectivity index (χ1) is 14.1. The highest BCUT2D eigenvalue weighted by molar-refractivity contribution is 8.18. The van der Waals surface area contributed by atoms with Crippen molar-refractivity contribution >= 4 is 46.2 Å². The van der Waals surface area contributed by atoms with Crippen LogP contribution in [0.1, 0.15) is 11.1 Å². The van der Waals surface area contributed by atoms with Crippen molar-refractivity contribution in [2.75, 3.05) is 0 Å². The van der Waals surface area contributed by atoms with E-state index in [4.69, 9.17) is 11.6 Å². The number of rotatable bonds is 4. The van der Waals surface area contributed by atoms with Crippen molar-refractivity contribution in [3.8, 4) is 5.75 Å². The van der Waals surface area contributed by atoms with E-state index in [1.165, 1.54) is 17.8 Å². The molecule has 144 valence electrons. The van der Waals surface area contributed by atoms with Crippen molar-refractivity contribution in [2.24, 2.45) is 4.99 Å². The topological polar surface area (TPSA) is 52.9 Å². The lowest BCUT2D eigenvalue weighted by molar-refractivity contribution is -0.122. The minimum absolute atomic E-state index is 0.0104. The number of benzene rings is 3. The molecule has 0 saturated carbocycles. The van der Waals surface area contributed by atoms with Gasteiger partial charge < -0.3 is 5.11 Å². The molecule has 29 heavy (non-hydrogen) atoms. The summed E-state index contributed by atoms with van der Waals surface area (Å²) < 4.78 is 0. The number of aromatic hydroxyl groups is 1. The van der Waals surface area contributed by atoms with Crippen LogP contribution in [-0.4, -0.2) is 21.1 Å². The SMILES string of the molecule is O=C1/C(=C/c2ccc(O)c(Cl)c2)SC(=Nc2ccccc2)N1Cc1ccccc1. The number of carbonyl (C=O) groups excluding carboxylic acids is 1. The van der Waals surface area contributed by atoms with Gasteiger partial charge in [0.05, 0.1) is 22.2 Å². The fourth-order valence-corrected chi connectivity index (χ4v) is 4.06. The summed E-state index contributed by atoms with van der Waals surface area (Å²) in [6.45, 7) is 0.437. The van der Waals surface area contributed by atoms with Crippen molar-refractivity contribution in [3.05, 3.63) is 99.9 Å². The van der Waals surface area contributed by atoms with Gasteiger partial charge in [0.15, 0.2) is 5.17 Å². The molecular weight excluding hydrogens is 404 g/mol. The first-order valence-electron chi connectivity index (χ1n) is 8.98. The van der Waals surface area contributed by atoms with Crippen molar-refractivity contribution in [2.45, 2.75) is 6.54 Å². The highest BCUT2D eigenvalue weighted by Crippen LogP contribution is 2.36. The van der Waals surface area contributed by atoms with E-state index in [9.17, 15) is 9.90 Å². The Morgan fingerprint density at radius 2 is 1.69 bits per heavy atom. The van der Waals surface area contributed by atoms with Crippen molar-refractivity contribution < 1.29 is 9.90 Å². The van der Waals surface area contributed by atoms with E-state index in [0.717, 1.165) is 16.8 Å². The number of halogens is 1. The van der Waals surface area contributed by atoms with Gasteiger partial charge in [0, 0.05) is 0 Å². The Hall–Kier alpha value is -3.02. The molecule has 0 spiro atoms. The summed E-state index contributed by atoms with van der Waals surface area (Å²) in [5.74, 6) is -0.103. The molecule has 1 heterocycles. The number of aliphatic imine (C=N–C) groups is 1. The summed E-state index contributed by atoms with van der Waals surface area (Å²) in [4.78, 5) is 20.1. The second kappa shape index (κ2) is 8.55. The molecule has 1 N–H and O–H groups in total. The van der Waals surface area contributed by atoms with Gasteiger partial charge in [-0.1, -0.05) is 66.2 Å². The Morgan fingerprint density at radius 1 is 1.00 bits per heavy atom. The molecule has 4 rings (SSSR count). The molecule has 1 aliphatic heterocycles. The van der Waals surface area contributed by atoms with Gasteiger partial charge in [-0.15, -0.1) is 0 Å².